The second kappa shape index (κ2) is 7.49. The predicted molar refractivity (Wildman–Crippen MR) is 66.9 cm³/mol. The highest BCUT2D eigenvalue weighted by Gasteiger charge is 2.70. The van der Waals surface area contributed by atoms with Crippen molar-refractivity contribution in [2.24, 2.45) is 0 Å². The van der Waals surface area contributed by atoms with E-state index in [4.69, 9.17) is 9.81 Å². The minimum Gasteiger partial charge on any atom is -0.281 e. The van der Waals surface area contributed by atoms with Crippen molar-refractivity contribution >= 4 is 22.2 Å². The molecule has 0 radical (unpaired) electrons. The van der Waals surface area contributed by atoms with E-state index >= 15 is 0 Å². The molecule has 156 valence electrons. The molecule has 0 amide bonds. The van der Waals surface area contributed by atoms with Gasteiger partial charge in [-0.3, -0.25) is 4.55 Å². The molecule has 8 nitrogen and oxygen atoms in total. The summed E-state index contributed by atoms with van der Waals surface area (Å²) in [5.41, 5.74) is 0. The molecule has 0 aromatic heterocycles. The lowest BCUT2D eigenvalue weighted by Gasteiger charge is -2.43. The van der Waals surface area contributed by atoms with Gasteiger partial charge in [-0.2, -0.15) is 43.5 Å². The minimum atomic E-state index is -6.55. The second-order valence-corrected chi connectivity index (χ2v) is 7.07. The fraction of sp³-hybridized carbons (Fsp3) is 1.00. The summed E-state index contributed by atoms with van der Waals surface area (Å²) in [6.45, 7) is -5.35. The van der Waals surface area contributed by atoms with E-state index in [1.54, 1.807) is 0 Å². The third-order valence-corrected chi connectivity index (χ3v) is 4.74. The third-order valence-electron chi connectivity index (χ3n) is 3.27. The molecule has 0 unspecified atom stereocenters. The molecule has 1 fully saturated rings. The summed E-state index contributed by atoms with van der Waals surface area (Å²) in [4.78, 5) is -0.898. The van der Waals surface area contributed by atoms with E-state index in [9.17, 15) is 43.5 Å². The maximum Gasteiger partial charge on any atom is 0.446 e. The Morgan fingerprint density at radius 2 is 1.23 bits per heavy atom. The van der Waals surface area contributed by atoms with Crippen LogP contribution in [0.15, 0.2) is 0 Å². The normalized spacial score (nSPS) is 19.8. The van der Waals surface area contributed by atoms with Crippen LogP contribution in [0.25, 0.3) is 0 Å². The Balaban J connectivity index is 2.90. The van der Waals surface area contributed by atoms with E-state index in [1.807, 2.05) is 0 Å². The molecule has 18 heteroatoms. The van der Waals surface area contributed by atoms with Crippen LogP contribution >= 0.6 is 12.0 Å². The molecule has 1 rings (SSSR count). The van der Waals surface area contributed by atoms with Crippen LogP contribution in [0.5, 0.6) is 0 Å². The zero-order valence-corrected chi connectivity index (χ0v) is 13.7. The van der Waals surface area contributed by atoms with Crippen LogP contribution in [0.4, 0.5) is 35.1 Å². The molecular formula is C8H10F8N2O6S2. The number of alkyl halides is 8. The first-order valence-electron chi connectivity index (χ1n) is 6.16. The second-order valence-electron chi connectivity index (χ2n) is 4.79. The number of nitrogens with zero attached hydrogens (tertiary/aromatic N) is 2. The quantitative estimate of drug-likeness (QED) is 0.145. The zero-order valence-electron chi connectivity index (χ0n) is 12.1. The van der Waals surface area contributed by atoms with Gasteiger partial charge in [0, 0.05) is 26.2 Å². The molecule has 1 aliphatic rings. The van der Waals surface area contributed by atoms with Crippen molar-refractivity contribution in [1.29, 1.82) is 0 Å². The fourth-order valence-corrected chi connectivity index (χ4v) is 2.68. The summed E-state index contributed by atoms with van der Waals surface area (Å²) >= 11 is -1.30. The molecule has 0 aromatic rings. The van der Waals surface area contributed by atoms with E-state index in [2.05, 4.69) is 9.37 Å². The number of hydrogen-bond donors (Lipinski definition) is 2. The average molecular weight is 446 g/mol. The molecule has 1 aliphatic heterocycles. The smallest absolute Gasteiger partial charge is 0.281 e. The Labute approximate surface area is 144 Å². The van der Waals surface area contributed by atoms with Gasteiger partial charge in [-0.25, -0.2) is 15.1 Å². The van der Waals surface area contributed by atoms with E-state index in [-0.39, 0.29) is 4.90 Å². The highest BCUT2D eigenvalue weighted by atomic mass is 32.2. The van der Waals surface area contributed by atoms with Crippen LogP contribution < -0.4 is 0 Å². The first-order valence-corrected chi connectivity index (χ1v) is 8.35. The Morgan fingerprint density at radius 1 is 0.846 bits per heavy atom. The molecular weight excluding hydrogens is 436 g/mol. The van der Waals surface area contributed by atoms with Gasteiger partial charge in [0.25, 0.3) is 0 Å². The van der Waals surface area contributed by atoms with Crippen molar-refractivity contribution in [3.05, 3.63) is 0 Å². The van der Waals surface area contributed by atoms with Crippen LogP contribution in [0.2, 0.25) is 0 Å². The maximum absolute atomic E-state index is 13.7. The number of piperazine rings is 1. The summed E-state index contributed by atoms with van der Waals surface area (Å²) < 4.78 is 140. The largest absolute Gasteiger partial charge is 0.446 e. The molecule has 0 saturated carbocycles. The van der Waals surface area contributed by atoms with Gasteiger partial charge in [-0.05, 0) is 0 Å². The maximum atomic E-state index is 13.7. The highest BCUT2D eigenvalue weighted by molar-refractivity contribution is 7.95. The molecule has 26 heavy (non-hydrogen) atoms. The molecule has 0 spiro atoms. The Morgan fingerprint density at radius 3 is 1.58 bits per heavy atom. The summed E-state index contributed by atoms with van der Waals surface area (Å²) in [7, 11) is -6.55. The van der Waals surface area contributed by atoms with Gasteiger partial charge < -0.3 is 0 Å². The van der Waals surface area contributed by atoms with Crippen molar-refractivity contribution in [1.82, 2.24) is 9.80 Å². The molecule has 2 N–H and O–H groups in total. The van der Waals surface area contributed by atoms with Crippen LogP contribution in [0, 0.1) is 0 Å². The highest BCUT2D eigenvalue weighted by Crippen LogP contribution is 2.47. The van der Waals surface area contributed by atoms with Gasteiger partial charge >= 0.3 is 32.7 Å². The van der Waals surface area contributed by atoms with Gasteiger partial charge in [0.2, 0.25) is 0 Å². The number of rotatable bonds is 8. The standard InChI is InChI=1S/C8H10F8N2O6S2/c9-5(10,7(13,14)25-24-23-19)17-1-3-18(4-2-17)6(11,12)8(15,16)26(20,21)22/h19H,1-4H2,(H,20,21,22). The molecule has 0 bridgehead atoms. The minimum absolute atomic E-state index is 0.348. The molecule has 0 aliphatic carbocycles. The van der Waals surface area contributed by atoms with Gasteiger partial charge in [-0.1, -0.05) is 5.04 Å². The van der Waals surface area contributed by atoms with Crippen molar-refractivity contribution in [3.63, 3.8) is 0 Å². The van der Waals surface area contributed by atoms with E-state index in [0.717, 1.165) is 0 Å². The zero-order chi connectivity index (χ0) is 20.6. The van der Waals surface area contributed by atoms with Gasteiger partial charge in [0.15, 0.2) is 0 Å². The lowest BCUT2D eigenvalue weighted by atomic mass is 10.2. The summed E-state index contributed by atoms with van der Waals surface area (Å²) in [5, 5.41) is -0.547. The number of halogens is 8. The molecule has 0 aromatic carbocycles. The SMILES string of the molecule is O=S(=O)(O)C(F)(F)C(F)(F)N1CCN(C(F)(F)C(F)(F)SOOO)CC1. The van der Waals surface area contributed by atoms with Gasteiger partial charge in [0.05, 0.1) is 0 Å². The summed E-state index contributed by atoms with van der Waals surface area (Å²) in [5.74, 6) is 0. The first kappa shape index (κ1) is 23.5. The predicted octanol–water partition coefficient (Wildman–Crippen LogP) is 1.93. The van der Waals surface area contributed by atoms with E-state index in [0.29, 0.717) is 0 Å². The Bertz CT molecular complexity index is 598. The average Bonchev–Trinajstić information content (AvgIpc) is 2.51. The van der Waals surface area contributed by atoms with Crippen molar-refractivity contribution in [2.75, 3.05) is 26.2 Å². The Hall–Kier alpha value is -0.500. The monoisotopic (exact) mass is 446 g/mol. The van der Waals surface area contributed by atoms with E-state index < -0.39 is 75.8 Å². The lowest BCUT2D eigenvalue weighted by Crippen LogP contribution is -2.65. The first-order chi connectivity index (χ1) is 11.5. The third kappa shape index (κ3) is 4.16. The topological polar surface area (TPSA) is 99.5 Å². The van der Waals surface area contributed by atoms with Crippen molar-refractivity contribution in [2.45, 2.75) is 22.6 Å². The van der Waals surface area contributed by atoms with Crippen LogP contribution in [0.3, 0.4) is 0 Å². The molecule has 1 heterocycles. The lowest BCUT2D eigenvalue weighted by molar-refractivity contribution is -0.434. The van der Waals surface area contributed by atoms with E-state index in [1.165, 1.54) is 0 Å². The van der Waals surface area contributed by atoms with Gasteiger partial charge in [0.1, 0.15) is 12.0 Å². The van der Waals surface area contributed by atoms with Crippen LogP contribution in [-0.4, -0.2) is 76.8 Å². The molecule has 1 saturated heterocycles. The van der Waals surface area contributed by atoms with Crippen LogP contribution in [0.1, 0.15) is 0 Å². The number of hydrogen-bond acceptors (Lipinski definition) is 8. The van der Waals surface area contributed by atoms with Crippen LogP contribution in [-0.2, 0) is 19.5 Å². The summed E-state index contributed by atoms with van der Waals surface area (Å²) in [6, 6.07) is -10.5. The van der Waals surface area contributed by atoms with Gasteiger partial charge in [-0.15, -0.1) is 4.33 Å². The van der Waals surface area contributed by atoms with Crippen molar-refractivity contribution < 1.29 is 62.7 Å². The van der Waals surface area contributed by atoms with Crippen molar-refractivity contribution in [3.8, 4) is 0 Å². The fourth-order valence-electron chi connectivity index (χ4n) is 1.90. The molecule has 0 atom stereocenters. The summed E-state index contributed by atoms with van der Waals surface area (Å²) in [6.07, 6.45) is 0. The Kier molecular flexibility index (Phi) is 6.78.